The van der Waals surface area contributed by atoms with Crippen LogP contribution in [0.4, 0.5) is 11.6 Å². The summed E-state index contributed by atoms with van der Waals surface area (Å²) < 4.78 is 2.03. The molecule has 5 rings (SSSR count). The zero-order valence-corrected chi connectivity index (χ0v) is 20.5. The zero-order valence-electron chi connectivity index (χ0n) is 19.7. The minimum atomic E-state index is 0.386. The van der Waals surface area contributed by atoms with Crippen molar-refractivity contribution in [3.8, 4) is 11.1 Å². The fraction of sp³-hybridized carbons (Fsp3) is 0.400. The van der Waals surface area contributed by atoms with Crippen molar-refractivity contribution in [3.63, 3.8) is 0 Å². The summed E-state index contributed by atoms with van der Waals surface area (Å²) in [5, 5.41) is 16.1. The van der Waals surface area contributed by atoms with Gasteiger partial charge < -0.3 is 10.2 Å². The highest BCUT2D eigenvalue weighted by atomic mass is 32.2. The van der Waals surface area contributed by atoms with E-state index in [1.807, 2.05) is 35.3 Å². The molecule has 1 saturated heterocycles. The highest BCUT2D eigenvalue weighted by Gasteiger charge is 2.11. The quantitative estimate of drug-likeness (QED) is 0.397. The first kappa shape index (κ1) is 22.7. The Hall–Kier alpha value is -3.04. The zero-order chi connectivity index (χ0) is 23.3. The van der Waals surface area contributed by atoms with Crippen molar-refractivity contribution in [3.05, 3.63) is 54.6 Å². The molecule has 1 aliphatic heterocycles. The third-order valence-corrected chi connectivity index (χ3v) is 7.01. The van der Waals surface area contributed by atoms with Crippen molar-refractivity contribution in [2.45, 2.75) is 32.7 Å². The van der Waals surface area contributed by atoms with Crippen molar-refractivity contribution in [2.75, 3.05) is 36.5 Å². The second-order valence-electron chi connectivity index (χ2n) is 8.91. The van der Waals surface area contributed by atoms with E-state index in [0.29, 0.717) is 17.6 Å². The minimum Gasteiger partial charge on any atom is -0.323 e. The first-order valence-corrected chi connectivity index (χ1v) is 13.0. The molecule has 1 aliphatic rings. The predicted octanol–water partition coefficient (Wildman–Crippen LogP) is 4.59. The van der Waals surface area contributed by atoms with Crippen LogP contribution < -0.4 is 5.32 Å². The number of nitrogens with zero attached hydrogens (tertiary/aromatic N) is 7. The van der Waals surface area contributed by atoms with Gasteiger partial charge in [0.25, 0.3) is 0 Å². The predicted molar refractivity (Wildman–Crippen MR) is 139 cm³/mol. The Morgan fingerprint density at radius 2 is 1.85 bits per heavy atom. The number of aromatic nitrogens is 6. The number of hydrogen-bond donors (Lipinski definition) is 1. The molecule has 176 valence electrons. The first-order chi connectivity index (χ1) is 16.6. The second-order valence-corrected chi connectivity index (χ2v) is 10.1. The minimum absolute atomic E-state index is 0.386. The van der Waals surface area contributed by atoms with Crippen LogP contribution in [-0.2, 0) is 6.54 Å². The van der Waals surface area contributed by atoms with Crippen molar-refractivity contribution in [1.29, 1.82) is 0 Å². The summed E-state index contributed by atoms with van der Waals surface area (Å²) in [6.07, 6.45) is 8.81. The van der Waals surface area contributed by atoms with Gasteiger partial charge in [-0.15, -0.1) is 5.10 Å². The standard InChI is InChI=1S/C25H30N8S/c1-18(2)19-13-25(31-27-15-19)30-24-5-4-22-23(29-24)12-20(14-26-22)21-16-28-33(17-21)7-3-6-32-8-10-34-11-9-32/h4-5,12-18H,3,6-11H2,1-2H3,(H,29,30,31). The number of pyridine rings is 2. The molecule has 4 aromatic rings. The van der Waals surface area contributed by atoms with Gasteiger partial charge in [-0.05, 0) is 48.7 Å². The molecule has 1 fully saturated rings. The topological polar surface area (TPSA) is 84.7 Å². The third-order valence-electron chi connectivity index (χ3n) is 6.07. The molecule has 34 heavy (non-hydrogen) atoms. The monoisotopic (exact) mass is 474 g/mol. The van der Waals surface area contributed by atoms with Gasteiger partial charge in [-0.3, -0.25) is 9.67 Å². The lowest BCUT2D eigenvalue weighted by atomic mass is 10.1. The fourth-order valence-corrected chi connectivity index (χ4v) is 5.02. The van der Waals surface area contributed by atoms with Crippen LogP contribution in [0.1, 0.15) is 31.7 Å². The highest BCUT2D eigenvalue weighted by molar-refractivity contribution is 7.99. The van der Waals surface area contributed by atoms with Crippen LogP contribution in [0.3, 0.4) is 0 Å². The van der Waals surface area contributed by atoms with Crippen molar-refractivity contribution in [2.24, 2.45) is 0 Å². The maximum absolute atomic E-state index is 4.76. The van der Waals surface area contributed by atoms with Gasteiger partial charge in [0.15, 0.2) is 5.82 Å². The molecule has 9 heteroatoms. The molecule has 5 heterocycles. The molecular formula is C25H30N8S. The van der Waals surface area contributed by atoms with E-state index in [1.54, 1.807) is 6.20 Å². The molecule has 0 spiro atoms. The molecule has 1 N–H and O–H groups in total. The number of hydrogen-bond acceptors (Lipinski definition) is 8. The third kappa shape index (κ3) is 5.53. The van der Waals surface area contributed by atoms with Gasteiger partial charge in [0, 0.05) is 54.7 Å². The van der Waals surface area contributed by atoms with Gasteiger partial charge >= 0.3 is 0 Å². The maximum atomic E-state index is 4.76. The van der Waals surface area contributed by atoms with Crippen LogP contribution in [0.5, 0.6) is 0 Å². The van der Waals surface area contributed by atoms with E-state index in [4.69, 9.17) is 4.98 Å². The Morgan fingerprint density at radius 3 is 2.71 bits per heavy atom. The Kier molecular flexibility index (Phi) is 7.01. The van der Waals surface area contributed by atoms with Crippen LogP contribution in [0, 0.1) is 0 Å². The maximum Gasteiger partial charge on any atom is 0.154 e. The molecule has 0 atom stereocenters. The van der Waals surface area contributed by atoms with Gasteiger partial charge in [-0.1, -0.05) is 13.8 Å². The fourth-order valence-electron chi connectivity index (χ4n) is 4.04. The SMILES string of the molecule is CC(C)c1cnnc(Nc2ccc3ncc(-c4cnn(CCCN5CCSCC5)c4)cc3n2)c1. The van der Waals surface area contributed by atoms with Crippen molar-refractivity contribution >= 4 is 34.4 Å². The molecule has 0 amide bonds. The van der Waals surface area contributed by atoms with Crippen LogP contribution in [-0.4, -0.2) is 66.0 Å². The Balaban J connectivity index is 1.27. The average molecular weight is 475 g/mol. The summed E-state index contributed by atoms with van der Waals surface area (Å²) in [5.41, 5.74) is 4.88. The largest absolute Gasteiger partial charge is 0.323 e. The van der Waals surface area contributed by atoms with E-state index < -0.39 is 0 Å². The van der Waals surface area contributed by atoms with Crippen LogP contribution in [0.25, 0.3) is 22.2 Å². The van der Waals surface area contributed by atoms with Crippen molar-refractivity contribution < 1.29 is 0 Å². The van der Waals surface area contributed by atoms with Gasteiger partial charge in [0.05, 0.1) is 23.4 Å². The van der Waals surface area contributed by atoms with Crippen molar-refractivity contribution in [1.82, 2.24) is 34.8 Å². The van der Waals surface area contributed by atoms with E-state index in [2.05, 4.69) is 68.4 Å². The molecule has 0 unspecified atom stereocenters. The number of aryl methyl sites for hydroxylation is 1. The lowest BCUT2D eigenvalue weighted by Crippen LogP contribution is -2.33. The summed E-state index contributed by atoms with van der Waals surface area (Å²) in [6, 6.07) is 7.96. The number of nitrogens with one attached hydrogen (secondary N) is 1. The Morgan fingerprint density at radius 1 is 0.971 bits per heavy atom. The smallest absolute Gasteiger partial charge is 0.154 e. The van der Waals surface area contributed by atoms with Crippen LogP contribution in [0.15, 0.2) is 49.1 Å². The lowest BCUT2D eigenvalue weighted by Gasteiger charge is -2.25. The normalized spacial score (nSPS) is 14.7. The Labute approximate surface area is 204 Å². The number of anilines is 2. The molecular weight excluding hydrogens is 444 g/mol. The molecule has 0 saturated carbocycles. The molecule has 0 aromatic carbocycles. The first-order valence-electron chi connectivity index (χ1n) is 11.8. The summed E-state index contributed by atoms with van der Waals surface area (Å²) in [6.45, 7) is 8.75. The van der Waals surface area contributed by atoms with E-state index in [9.17, 15) is 0 Å². The number of rotatable bonds is 8. The van der Waals surface area contributed by atoms with Gasteiger partial charge in [0.1, 0.15) is 5.82 Å². The van der Waals surface area contributed by atoms with E-state index >= 15 is 0 Å². The van der Waals surface area contributed by atoms with Gasteiger partial charge in [-0.2, -0.15) is 22.0 Å². The molecule has 0 bridgehead atoms. The number of thioether (sulfide) groups is 1. The molecule has 8 nitrogen and oxygen atoms in total. The molecule has 0 radical (unpaired) electrons. The molecule has 4 aromatic heterocycles. The van der Waals surface area contributed by atoms with Crippen LogP contribution >= 0.6 is 11.8 Å². The highest BCUT2D eigenvalue weighted by Crippen LogP contribution is 2.24. The van der Waals surface area contributed by atoms with E-state index in [1.165, 1.54) is 24.6 Å². The summed E-state index contributed by atoms with van der Waals surface area (Å²) in [4.78, 5) is 11.9. The summed E-state index contributed by atoms with van der Waals surface area (Å²) in [5.74, 6) is 4.30. The average Bonchev–Trinajstić information content (AvgIpc) is 3.33. The van der Waals surface area contributed by atoms with Gasteiger partial charge in [0.2, 0.25) is 0 Å². The van der Waals surface area contributed by atoms with Gasteiger partial charge in [-0.25, -0.2) is 4.98 Å². The van der Waals surface area contributed by atoms with Crippen LogP contribution in [0.2, 0.25) is 0 Å². The van der Waals surface area contributed by atoms with E-state index in [-0.39, 0.29) is 0 Å². The lowest BCUT2D eigenvalue weighted by molar-refractivity contribution is 0.290. The Bertz CT molecular complexity index is 1250. The van der Waals surface area contributed by atoms with E-state index in [0.717, 1.165) is 47.2 Å². The summed E-state index contributed by atoms with van der Waals surface area (Å²) >= 11 is 2.05. The second kappa shape index (κ2) is 10.5. The number of fused-ring (bicyclic) bond motifs is 1. The molecule has 0 aliphatic carbocycles. The summed E-state index contributed by atoms with van der Waals surface area (Å²) in [7, 11) is 0.